The summed E-state index contributed by atoms with van der Waals surface area (Å²) in [7, 11) is 1.94. The first-order chi connectivity index (χ1) is 16.6. The van der Waals surface area contributed by atoms with E-state index in [0.717, 1.165) is 28.8 Å². The third-order valence-electron chi connectivity index (χ3n) is 6.53. The van der Waals surface area contributed by atoms with E-state index in [9.17, 15) is 13.2 Å². The SMILES string of the molecule is CC(C)Cc1ccc(S(=O)(=O)N2CCN(Cc3nc4cc(C(=O)N(C)C)ccc4n3C)CC2)cc1. The fourth-order valence-electron chi connectivity index (χ4n) is 4.53. The molecule has 0 bridgehead atoms. The smallest absolute Gasteiger partial charge is 0.253 e. The average molecular weight is 498 g/mol. The largest absolute Gasteiger partial charge is 0.345 e. The van der Waals surface area contributed by atoms with Crippen LogP contribution in [-0.4, -0.2) is 78.3 Å². The second kappa shape index (κ2) is 10.1. The van der Waals surface area contributed by atoms with E-state index in [1.54, 1.807) is 35.4 Å². The van der Waals surface area contributed by atoms with Crippen molar-refractivity contribution in [2.75, 3.05) is 40.3 Å². The molecule has 3 aromatic rings. The summed E-state index contributed by atoms with van der Waals surface area (Å²) >= 11 is 0. The van der Waals surface area contributed by atoms with Crippen LogP contribution in [-0.2, 0) is 30.0 Å². The highest BCUT2D eigenvalue weighted by atomic mass is 32.2. The molecule has 0 saturated carbocycles. The van der Waals surface area contributed by atoms with Crippen LogP contribution in [0.4, 0.5) is 0 Å². The molecule has 2 heterocycles. The number of imidazole rings is 1. The summed E-state index contributed by atoms with van der Waals surface area (Å²) in [5.41, 5.74) is 3.53. The van der Waals surface area contributed by atoms with Crippen LogP contribution < -0.4 is 0 Å². The van der Waals surface area contributed by atoms with Crippen molar-refractivity contribution in [1.82, 2.24) is 23.7 Å². The van der Waals surface area contributed by atoms with Crippen LogP contribution in [0, 0.1) is 5.92 Å². The van der Waals surface area contributed by atoms with E-state index in [1.807, 2.05) is 41.9 Å². The van der Waals surface area contributed by atoms with Gasteiger partial charge in [-0.05, 0) is 48.2 Å². The first-order valence-corrected chi connectivity index (χ1v) is 13.5. The lowest BCUT2D eigenvalue weighted by molar-refractivity contribution is 0.0827. The number of rotatable bonds is 7. The van der Waals surface area contributed by atoms with Gasteiger partial charge in [0.2, 0.25) is 10.0 Å². The van der Waals surface area contributed by atoms with Gasteiger partial charge in [0.15, 0.2) is 0 Å². The second-order valence-corrected chi connectivity index (χ2v) is 11.9. The standard InChI is InChI=1S/C26H35N5O3S/c1-19(2)16-20-6-9-22(10-7-20)35(33,34)31-14-12-30(13-15-31)18-25-27-23-17-21(26(32)28(3)4)8-11-24(23)29(25)5/h6-11,17,19H,12-16,18H2,1-5H3. The van der Waals surface area contributed by atoms with E-state index in [-0.39, 0.29) is 5.91 Å². The number of aromatic nitrogens is 2. The van der Waals surface area contributed by atoms with Gasteiger partial charge in [0.1, 0.15) is 5.82 Å². The molecule has 0 unspecified atom stereocenters. The fraction of sp³-hybridized carbons (Fsp3) is 0.462. The lowest BCUT2D eigenvalue weighted by Gasteiger charge is -2.33. The Bertz CT molecular complexity index is 1300. The zero-order valence-corrected chi connectivity index (χ0v) is 22.0. The highest BCUT2D eigenvalue weighted by Gasteiger charge is 2.29. The molecule has 0 aliphatic carbocycles. The molecule has 9 heteroatoms. The van der Waals surface area contributed by atoms with Crippen molar-refractivity contribution in [1.29, 1.82) is 0 Å². The Labute approximate surface area is 208 Å². The van der Waals surface area contributed by atoms with Crippen LogP contribution in [0.2, 0.25) is 0 Å². The van der Waals surface area contributed by atoms with Crippen LogP contribution >= 0.6 is 0 Å². The number of carbonyl (C=O) groups is 1. The summed E-state index contributed by atoms with van der Waals surface area (Å²) in [5, 5.41) is 0. The van der Waals surface area contributed by atoms with Crippen LogP contribution in [0.25, 0.3) is 11.0 Å². The molecule has 1 aliphatic heterocycles. The van der Waals surface area contributed by atoms with Crippen molar-refractivity contribution >= 4 is 27.0 Å². The first kappa shape index (κ1) is 25.3. The molecule has 1 amide bonds. The normalized spacial score (nSPS) is 15.7. The quantitative estimate of drug-likeness (QED) is 0.502. The minimum absolute atomic E-state index is 0.0500. The van der Waals surface area contributed by atoms with E-state index >= 15 is 0 Å². The maximum atomic E-state index is 13.2. The fourth-order valence-corrected chi connectivity index (χ4v) is 5.95. The highest BCUT2D eigenvalue weighted by molar-refractivity contribution is 7.89. The predicted octanol–water partition coefficient (Wildman–Crippen LogP) is 2.98. The molecule has 4 rings (SSSR count). The van der Waals surface area contributed by atoms with Gasteiger partial charge in [-0.25, -0.2) is 13.4 Å². The summed E-state index contributed by atoms with van der Waals surface area (Å²) in [6, 6.07) is 12.9. The maximum Gasteiger partial charge on any atom is 0.253 e. The number of fused-ring (bicyclic) bond motifs is 1. The van der Waals surface area contributed by atoms with Gasteiger partial charge in [0, 0.05) is 52.9 Å². The Hall–Kier alpha value is -2.75. The monoisotopic (exact) mass is 497 g/mol. The lowest BCUT2D eigenvalue weighted by atomic mass is 10.0. The summed E-state index contributed by atoms with van der Waals surface area (Å²) in [6.07, 6.45) is 0.939. The summed E-state index contributed by atoms with van der Waals surface area (Å²) in [6.45, 7) is 7.10. The molecule has 0 N–H and O–H groups in total. The van der Waals surface area contributed by atoms with Crippen molar-refractivity contribution in [3.63, 3.8) is 0 Å². The van der Waals surface area contributed by atoms with Crippen LogP contribution in [0.5, 0.6) is 0 Å². The van der Waals surface area contributed by atoms with E-state index in [1.165, 1.54) is 0 Å². The molecular formula is C26H35N5O3S. The Kier molecular flexibility index (Phi) is 7.30. The molecule has 188 valence electrons. The zero-order valence-electron chi connectivity index (χ0n) is 21.2. The van der Waals surface area contributed by atoms with Crippen LogP contribution in [0.1, 0.15) is 35.6 Å². The maximum absolute atomic E-state index is 13.2. The number of amides is 1. The Morgan fingerprint density at radius 2 is 1.69 bits per heavy atom. The molecule has 0 radical (unpaired) electrons. The molecule has 0 spiro atoms. The van der Waals surface area contributed by atoms with Crippen LogP contribution in [0.3, 0.4) is 0 Å². The van der Waals surface area contributed by atoms with Gasteiger partial charge in [0.25, 0.3) is 5.91 Å². The number of sulfonamides is 1. The van der Waals surface area contributed by atoms with Gasteiger partial charge in [-0.3, -0.25) is 9.69 Å². The Morgan fingerprint density at radius 3 is 2.29 bits per heavy atom. The molecule has 1 fully saturated rings. The number of hydrogen-bond donors (Lipinski definition) is 0. The van der Waals surface area contributed by atoms with Crippen molar-refractivity contribution in [2.24, 2.45) is 13.0 Å². The molecular weight excluding hydrogens is 462 g/mol. The number of benzene rings is 2. The summed E-state index contributed by atoms with van der Waals surface area (Å²) in [4.78, 5) is 21.2. The third-order valence-corrected chi connectivity index (χ3v) is 8.44. The predicted molar refractivity (Wildman–Crippen MR) is 138 cm³/mol. The van der Waals surface area contributed by atoms with Gasteiger partial charge in [0.05, 0.1) is 22.5 Å². The number of nitrogens with zero attached hydrogens (tertiary/aromatic N) is 5. The lowest BCUT2D eigenvalue weighted by Crippen LogP contribution is -2.48. The number of carbonyl (C=O) groups excluding carboxylic acids is 1. The van der Waals surface area contributed by atoms with Crippen LogP contribution in [0.15, 0.2) is 47.4 Å². The number of piperazine rings is 1. The van der Waals surface area contributed by atoms with Gasteiger partial charge < -0.3 is 9.47 Å². The number of aryl methyl sites for hydroxylation is 1. The Morgan fingerprint density at radius 1 is 1.03 bits per heavy atom. The van der Waals surface area contributed by atoms with E-state index in [2.05, 4.69) is 18.7 Å². The van der Waals surface area contributed by atoms with Crippen molar-refractivity contribution in [3.8, 4) is 0 Å². The topological polar surface area (TPSA) is 78.8 Å². The minimum atomic E-state index is -3.50. The van der Waals surface area contributed by atoms with Gasteiger partial charge >= 0.3 is 0 Å². The second-order valence-electron chi connectivity index (χ2n) is 9.91. The molecule has 2 aromatic carbocycles. The summed E-state index contributed by atoms with van der Waals surface area (Å²) in [5.74, 6) is 1.38. The van der Waals surface area contributed by atoms with Gasteiger partial charge in [-0.2, -0.15) is 4.31 Å². The van der Waals surface area contributed by atoms with Crippen molar-refractivity contribution in [2.45, 2.75) is 31.7 Å². The summed E-state index contributed by atoms with van der Waals surface area (Å²) < 4.78 is 29.9. The molecule has 35 heavy (non-hydrogen) atoms. The number of hydrogen-bond acceptors (Lipinski definition) is 5. The average Bonchev–Trinajstić information content (AvgIpc) is 3.13. The third kappa shape index (κ3) is 5.42. The van der Waals surface area contributed by atoms with E-state index in [0.29, 0.717) is 49.1 Å². The Balaban J connectivity index is 1.41. The van der Waals surface area contributed by atoms with Gasteiger partial charge in [-0.1, -0.05) is 26.0 Å². The minimum Gasteiger partial charge on any atom is -0.345 e. The van der Waals surface area contributed by atoms with E-state index < -0.39 is 10.0 Å². The van der Waals surface area contributed by atoms with Crippen molar-refractivity contribution in [3.05, 3.63) is 59.4 Å². The van der Waals surface area contributed by atoms with Crippen molar-refractivity contribution < 1.29 is 13.2 Å². The van der Waals surface area contributed by atoms with E-state index in [4.69, 9.17) is 4.98 Å². The first-order valence-electron chi connectivity index (χ1n) is 12.0. The van der Waals surface area contributed by atoms with Gasteiger partial charge in [-0.15, -0.1) is 0 Å². The molecule has 1 saturated heterocycles. The zero-order chi connectivity index (χ0) is 25.3. The molecule has 8 nitrogen and oxygen atoms in total. The molecule has 0 atom stereocenters. The highest BCUT2D eigenvalue weighted by Crippen LogP contribution is 2.22. The molecule has 1 aliphatic rings. The molecule has 1 aromatic heterocycles.